The van der Waals surface area contributed by atoms with E-state index in [2.05, 4.69) is 0 Å². The van der Waals surface area contributed by atoms with Gasteiger partial charge in [-0.15, -0.1) is 0 Å². The summed E-state index contributed by atoms with van der Waals surface area (Å²) in [6.07, 6.45) is 1.72. The normalized spacial score (nSPS) is 12.7. The van der Waals surface area contributed by atoms with Crippen LogP contribution in [0.25, 0.3) is 0 Å². The molecule has 0 saturated heterocycles. The van der Waals surface area contributed by atoms with Crippen molar-refractivity contribution in [3.8, 4) is 0 Å². The predicted octanol–water partition coefficient (Wildman–Crippen LogP) is 3.88. The molecule has 0 aliphatic carbocycles. The zero-order chi connectivity index (χ0) is 20.4. The van der Waals surface area contributed by atoms with E-state index in [1.165, 1.54) is 0 Å². The molecule has 0 rings (SSSR count). The minimum absolute atomic E-state index is 0.603. The first-order valence-corrected chi connectivity index (χ1v) is 14.3. The highest BCUT2D eigenvalue weighted by Crippen LogP contribution is 2.20. The fourth-order valence-corrected chi connectivity index (χ4v) is 8.05. The standard InChI is InChI=1S/C18H42O7Si2/c1-7-20-26(21-8-2,22-9-3)17-13-15-19-16-14-18-27(23-10-4,24-11-5)25-12-6/h7-18H2,1-6H3. The van der Waals surface area contributed by atoms with E-state index < -0.39 is 17.6 Å². The van der Waals surface area contributed by atoms with Crippen molar-refractivity contribution >= 4 is 17.6 Å². The maximum absolute atomic E-state index is 5.86. The average molecular weight is 427 g/mol. The Balaban J connectivity index is 4.24. The van der Waals surface area contributed by atoms with E-state index >= 15 is 0 Å². The number of hydrogen-bond donors (Lipinski definition) is 0. The van der Waals surface area contributed by atoms with Crippen molar-refractivity contribution in [1.29, 1.82) is 0 Å². The minimum Gasteiger partial charge on any atom is -0.381 e. The first kappa shape index (κ1) is 27.2. The summed E-state index contributed by atoms with van der Waals surface area (Å²) in [6, 6.07) is 1.55. The SMILES string of the molecule is CCO[Si](CCCOCCC[Si](OCC)(OCC)OCC)(OCC)OCC. The molecule has 0 N–H and O–H groups in total. The Hall–Kier alpha value is 0.154. The van der Waals surface area contributed by atoms with Crippen molar-refractivity contribution in [2.45, 2.75) is 66.5 Å². The molecule has 0 aromatic carbocycles. The molecule has 0 atom stereocenters. The minimum atomic E-state index is -2.56. The van der Waals surface area contributed by atoms with Crippen molar-refractivity contribution in [3.05, 3.63) is 0 Å². The molecule has 0 spiro atoms. The van der Waals surface area contributed by atoms with Crippen molar-refractivity contribution in [3.63, 3.8) is 0 Å². The smallest absolute Gasteiger partial charge is 0.381 e. The lowest BCUT2D eigenvalue weighted by Gasteiger charge is -2.28. The third-order valence-corrected chi connectivity index (χ3v) is 10.0. The molecule has 0 heterocycles. The molecular formula is C18H42O7Si2. The van der Waals surface area contributed by atoms with Crippen LogP contribution in [0.15, 0.2) is 0 Å². The van der Waals surface area contributed by atoms with Gasteiger partial charge in [-0.1, -0.05) is 0 Å². The maximum atomic E-state index is 5.86. The fraction of sp³-hybridized carbons (Fsp3) is 1.00. The highest BCUT2D eigenvalue weighted by atomic mass is 28.4. The second-order valence-corrected chi connectivity index (χ2v) is 11.2. The van der Waals surface area contributed by atoms with Crippen LogP contribution in [0.2, 0.25) is 12.1 Å². The van der Waals surface area contributed by atoms with E-state index in [1.54, 1.807) is 0 Å². The predicted molar refractivity (Wildman–Crippen MR) is 111 cm³/mol. The van der Waals surface area contributed by atoms with Crippen molar-refractivity contribution in [2.75, 3.05) is 52.9 Å². The maximum Gasteiger partial charge on any atom is 0.501 e. The van der Waals surface area contributed by atoms with Crippen LogP contribution < -0.4 is 0 Å². The summed E-state index contributed by atoms with van der Waals surface area (Å²) < 4.78 is 41.0. The Kier molecular flexibility index (Phi) is 17.1. The molecule has 0 aromatic heterocycles. The Morgan fingerprint density at radius 1 is 0.444 bits per heavy atom. The van der Waals surface area contributed by atoms with Gasteiger partial charge in [-0.05, 0) is 54.4 Å². The number of hydrogen-bond acceptors (Lipinski definition) is 7. The average Bonchev–Trinajstić information content (AvgIpc) is 2.62. The quantitative estimate of drug-likeness (QED) is 0.216. The first-order chi connectivity index (χ1) is 13.1. The molecule has 0 amide bonds. The van der Waals surface area contributed by atoms with Gasteiger partial charge >= 0.3 is 17.6 Å². The van der Waals surface area contributed by atoms with Gasteiger partial charge in [-0.2, -0.15) is 0 Å². The Labute approximate surface area is 168 Å². The van der Waals surface area contributed by atoms with Gasteiger partial charge in [0.05, 0.1) is 0 Å². The van der Waals surface area contributed by atoms with Crippen LogP contribution in [0, 0.1) is 0 Å². The van der Waals surface area contributed by atoms with Gasteiger partial charge < -0.3 is 31.3 Å². The van der Waals surface area contributed by atoms with Gasteiger partial charge in [0.25, 0.3) is 0 Å². The Bertz CT molecular complexity index is 271. The van der Waals surface area contributed by atoms with Gasteiger partial charge in [0, 0.05) is 64.9 Å². The molecule has 27 heavy (non-hydrogen) atoms. The molecule has 7 nitrogen and oxygen atoms in total. The lowest BCUT2D eigenvalue weighted by atomic mass is 10.5. The molecule has 164 valence electrons. The lowest BCUT2D eigenvalue weighted by Crippen LogP contribution is -2.46. The summed E-state index contributed by atoms with van der Waals surface area (Å²) in [7, 11) is -5.12. The lowest BCUT2D eigenvalue weighted by molar-refractivity contribution is 0.0621. The van der Waals surface area contributed by atoms with E-state index in [-0.39, 0.29) is 0 Å². The largest absolute Gasteiger partial charge is 0.501 e. The van der Waals surface area contributed by atoms with Gasteiger partial charge in [0.2, 0.25) is 0 Å². The summed E-state index contributed by atoms with van der Waals surface area (Å²) in [5.41, 5.74) is 0. The third kappa shape index (κ3) is 11.7. The van der Waals surface area contributed by atoms with Gasteiger partial charge in [-0.3, -0.25) is 0 Å². The second-order valence-electron chi connectivity index (χ2n) is 5.78. The Morgan fingerprint density at radius 3 is 0.926 bits per heavy atom. The summed E-state index contributed by atoms with van der Waals surface area (Å²) in [4.78, 5) is 0. The van der Waals surface area contributed by atoms with Crippen molar-refractivity contribution in [2.24, 2.45) is 0 Å². The highest BCUT2D eigenvalue weighted by Gasteiger charge is 2.40. The molecule has 9 heteroatoms. The van der Waals surface area contributed by atoms with Crippen LogP contribution in [0.1, 0.15) is 54.4 Å². The number of ether oxygens (including phenoxy) is 1. The van der Waals surface area contributed by atoms with Crippen LogP contribution in [-0.2, 0) is 31.3 Å². The molecule has 0 aliphatic rings. The van der Waals surface area contributed by atoms with Crippen LogP contribution in [0.4, 0.5) is 0 Å². The summed E-state index contributed by atoms with van der Waals surface area (Å²) in [5, 5.41) is 0. The van der Waals surface area contributed by atoms with E-state index in [0.29, 0.717) is 52.9 Å². The van der Waals surface area contributed by atoms with E-state index in [9.17, 15) is 0 Å². The third-order valence-electron chi connectivity index (χ3n) is 3.73. The fourth-order valence-electron chi connectivity index (χ4n) is 2.89. The molecule has 0 radical (unpaired) electrons. The molecule has 0 fully saturated rings. The van der Waals surface area contributed by atoms with Gasteiger partial charge in [-0.25, -0.2) is 0 Å². The van der Waals surface area contributed by atoms with Gasteiger partial charge in [0.15, 0.2) is 0 Å². The monoisotopic (exact) mass is 426 g/mol. The van der Waals surface area contributed by atoms with Crippen molar-refractivity contribution < 1.29 is 31.3 Å². The topological polar surface area (TPSA) is 64.6 Å². The van der Waals surface area contributed by atoms with Crippen molar-refractivity contribution in [1.82, 2.24) is 0 Å². The summed E-state index contributed by atoms with van der Waals surface area (Å²) in [6.45, 7) is 16.8. The zero-order valence-corrected chi connectivity index (χ0v) is 20.3. The molecule has 0 unspecified atom stereocenters. The first-order valence-electron chi connectivity index (χ1n) is 10.5. The van der Waals surface area contributed by atoms with E-state index in [4.69, 9.17) is 31.3 Å². The van der Waals surface area contributed by atoms with E-state index in [0.717, 1.165) is 24.9 Å². The number of rotatable bonds is 20. The van der Waals surface area contributed by atoms with Crippen LogP contribution in [0.3, 0.4) is 0 Å². The summed E-state index contributed by atoms with van der Waals surface area (Å²) in [5.74, 6) is 0. The van der Waals surface area contributed by atoms with Crippen LogP contribution in [0.5, 0.6) is 0 Å². The van der Waals surface area contributed by atoms with Crippen LogP contribution >= 0.6 is 0 Å². The Morgan fingerprint density at radius 2 is 0.704 bits per heavy atom. The second kappa shape index (κ2) is 17.0. The molecule has 0 bridgehead atoms. The molecule has 0 saturated carbocycles. The highest BCUT2D eigenvalue weighted by molar-refractivity contribution is 6.61. The molecule has 0 aliphatic heterocycles. The van der Waals surface area contributed by atoms with E-state index in [1.807, 2.05) is 41.5 Å². The molecule has 0 aromatic rings. The van der Waals surface area contributed by atoms with Crippen LogP contribution in [-0.4, -0.2) is 70.5 Å². The van der Waals surface area contributed by atoms with Gasteiger partial charge in [0.1, 0.15) is 0 Å². The molecular weight excluding hydrogens is 384 g/mol. The zero-order valence-electron chi connectivity index (χ0n) is 18.3. The summed E-state index contributed by atoms with van der Waals surface area (Å²) >= 11 is 0.